The molecule has 3 aromatic heterocycles. The molecular formula is C52H44N4. The van der Waals surface area contributed by atoms with Crippen molar-refractivity contribution in [2.75, 3.05) is 0 Å². The van der Waals surface area contributed by atoms with Crippen LogP contribution in [0.2, 0.25) is 0 Å². The second-order valence-corrected chi connectivity index (χ2v) is 15.9. The number of allylic oxidation sites excluding steroid dienone is 1. The van der Waals surface area contributed by atoms with Gasteiger partial charge in [-0.2, -0.15) is 0 Å². The van der Waals surface area contributed by atoms with Crippen molar-refractivity contribution in [3.05, 3.63) is 166 Å². The molecule has 0 spiro atoms. The van der Waals surface area contributed by atoms with Crippen molar-refractivity contribution in [2.45, 2.75) is 54.4 Å². The minimum absolute atomic E-state index is 0.372. The summed E-state index contributed by atoms with van der Waals surface area (Å²) in [6.07, 6.45) is 5.39. The zero-order valence-electron chi connectivity index (χ0n) is 32.9. The lowest BCUT2D eigenvalue weighted by molar-refractivity contribution is 0.941. The molecule has 0 saturated heterocycles. The van der Waals surface area contributed by atoms with E-state index in [1.54, 1.807) is 6.08 Å². The third-order valence-electron chi connectivity index (χ3n) is 12.8. The summed E-state index contributed by atoms with van der Waals surface area (Å²) in [6.45, 7) is 17.2. The van der Waals surface area contributed by atoms with Gasteiger partial charge < -0.3 is 0 Å². The van der Waals surface area contributed by atoms with Crippen molar-refractivity contribution in [3.8, 4) is 39.2 Å². The first-order valence-corrected chi connectivity index (χ1v) is 19.6. The van der Waals surface area contributed by atoms with Crippen LogP contribution in [-0.4, -0.2) is 20.0 Å². The van der Waals surface area contributed by atoms with Gasteiger partial charge >= 0.3 is 0 Å². The van der Waals surface area contributed by atoms with Crippen LogP contribution in [-0.2, 0) is 12.8 Å². The van der Waals surface area contributed by atoms with E-state index in [1.165, 1.54) is 99.6 Å². The van der Waals surface area contributed by atoms with Crippen LogP contribution in [0.3, 0.4) is 0 Å². The van der Waals surface area contributed by atoms with Crippen LogP contribution in [0.4, 0.5) is 0 Å². The quantitative estimate of drug-likeness (QED) is 0.143. The van der Waals surface area contributed by atoms with Gasteiger partial charge in [0, 0.05) is 27.7 Å². The van der Waals surface area contributed by atoms with Gasteiger partial charge in [0.2, 0.25) is 0 Å². The average Bonchev–Trinajstić information content (AvgIpc) is 3.72. The average molecular weight is 725 g/mol. The van der Waals surface area contributed by atoms with Gasteiger partial charge in [-0.05, 0) is 187 Å². The fraction of sp³-hybridized carbons (Fsp3) is 0.154. The number of benzene rings is 6. The maximum Gasteiger partial charge on any atom is 0.137 e. The molecule has 0 radical (unpaired) electrons. The van der Waals surface area contributed by atoms with E-state index in [2.05, 4.69) is 154 Å². The molecule has 1 aliphatic rings. The molecule has 0 atom stereocenters. The summed E-state index contributed by atoms with van der Waals surface area (Å²) < 4.78 is 4.45. The monoisotopic (exact) mass is 724 g/mol. The zero-order chi connectivity index (χ0) is 38.6. The first-order valence-electron chi connectivity index (χ1n) is 19.6. The number of rotatable bonds is 4. The molecule has 272 valence electrons. The van der Waals surface area contributed by atoms with Crippen LogP contribution in [0.5, 0.6) is 0 Å². The minimum Gasteiger partial charge on any atom is -0.294 e. The number of hydrogen-bond acceptors (Lipinski definition) is 2. The predicted octanol–water partition coefficient (Wildman–Crippen LogP) is 13.2. The van der Waals surface area contributed by atoms with Crippen LogP contribution >= 0.6 is 0 Å². The van der Waals surface area contributed by atoms with E-state index in [-0.39, 0.29) is 0 Å². The van der Waals surface area contributed by atoms with Gasteiger partial charge in [-0.1, -0.05) is 61.2 Å². The van der Waals surface area contributed by atoms with Crippen LogP contribution in [0.25, 0.3) is 82.8 Å². The Labute approximate surface area is 327 Å². The highest BCUT2D eigenvalue weighted by molar-refractivity contribution is 6.18. The first-order chi connectivity index (χ1) is 27.1. The Morgan fingerprint density at radius 3 is 1.80 bits per heavy atom. The summed E-state index contributed by atoms with van der Waals surface area (Å²) in [4.78, 5) is 4.90. The molecule has 9 aromatic rings. The van der Waals surface area contributed by atoms with E-state index in [9.17, 15) is 0 Å². The Balaban J connectivity index is 1.21. The molecule has 0 fully saturated rings. The molecule has 1 N–H and O–H groups in total. The molecule has 1 aliphatic carbocycles. The Bertz CT molecular complexity index is 3120. The highest BCUT2D eigenvalue weighted by Crippen LogP contribution is 2.45. The van der Waals surface area contributed by atoms with E-state index < -0.39 is 0 Å². The molecule has 6 aromatic carbocycles. The highest BCUT2D eigenvalue weighted by Gasteiger charge is 2.26. The Morgan fingerprint density at radius 2 is 1.20 bits per heavy atom. The molecule has 4 nitrogen and oxygen atoms in total. The smallest absolute Gasteiger partial charge is 0.137 e. The Morgan fingerprint density at radius 1 is 0.589 bits per heavy atom. The molecular weight excluding hydrogens is 681 g/mol. The standard InChI is InChI=1S/C52H44N4/c1-8-50(53)55-47-18-13-36(39-23-31(4)34(7)32(5)24-39)26-45(47)46-27-37-12-15-41-40(43(37)28-49(46)55)16-17-42-44-25-35(38-21-29(2)33(6)30(3)22-38)14-19-48(44)56(52(41)42)51-11-9-10-20-54-51/h8-11,13-14,16-28,53H,1,12,15H2,2-7H3. The molecule has 0 bridgehead atoms. The summed E-state index contributed by atoms with van der Waals surface area (Å²) in [5.41, 5.74) is 22.4. The van der Waals surface area contributed by atoms with Gasteiger partial charge in [-0.3, -0.25) is 14.5 Å². The first kappa shape index (κ1) is 34.0. The number of hydrogen-bond donors (Lipinski definition) is 1. The number of nitrogens with one attached hydrogen (secondary N) is 1. The highest BCUT2D eigenvalue weighted by atomic mass is 15.1. The number of nitrogens with zero attached hydrogens (tertiary/aromatic N) is 3. The number of pyridine rings is 1. The van der Waals surface area contributed by atoms with Crippen LogP contribution in [0.1, 0.15) is 44.5 Å². The predicted molar refractivity (Wildman–Crippen MR) is 237 cm³/mol. The van der Waals surface area contributed by atoms with E-state index in [1.807, 2.05) is 12.3 Å². The topological polar surface area (TPSA) is 46.6 Å². The Hall–Kier alpha value is -6.52. The number of aromatic nitrogens is 3. The van der Waals surface area contributed by atoms with E-state index in [0.717, 1.165) is 40.6 Å². The maximum absolute atomic E-state index is 9.08. The van der Waals surface area contributed by atoms with Crippen molar-refractivity contribution in [3.63, 3.8) is 0 Å². The molecule has 10 rings (SSSR count). The molecule has 56 heavy (non-hydrogen) atoms. The van der Waals surface area contributed by atoms with E-state index in [4.69, 9.17) is 10.4 Å². The van der Waals surface area contributed by atoms with Crippen molar-refractivity contribution in [2.24, 2.45) is 0 Å². The van der Waals surface area contributed by atoms with Crippen LogP contribution in [0, 0.1) is 47.0 Å². The van der Waals surface area contributed by atoms with Gasteiger partial charge in [-0.25, -0.2) is 4.98 Å². The second-order valence-electron chi connectivity index (χ2n) is 15.9. The molecule has 4 heteroatoms. The zero-order valence-corrected chi connectivity index (χ0v) is 32.9. The second kappa shape index (κ2) is 12.5. The van der Waals surface area contributed by atoms with Gasteiger partial charge in [0.25, 0.3) is 0 Å². The third-order valence-corrected chi connectivity index (χ3v) is 12.8. The summed E-state index contributed by atoms with van der Waals surface area (Å²) >= 11 is 0. The summed E-state index contributed by atoms with van der Waals surface area (Å²) in [5.74, 6) is 1.29. The fourth-order valence-corrected chi connectivity index (χ4v) is 9.35. The molecule has 0 aliphatic heterocycles. The third kappa shape index (κ3) is 4.98. The SMILES string of the molecule is C=CC(=N)n1c2ccc(-c3cc(C)c(C)c(C)c3)cc2c2cc3c(cc21)-c1ccc2c4cc(-c5cc(C)c(C)c(C)c5)ccc4n(-c4ccccn4)c2c1CC3. The van der Waals surface area contributed by atoms with E-state index in [0.29, 0.717) is 5.84 Å². The van der Waals surface area contributed by atoms with Gasteiger partial charge in [0.15, 0.2) is 0 Å². The molecule has 0 amide bonds. The Kier molecular flexibility index (Phi) is 7.59. The summed E-state index contributed by atoms with van der Waals surface area (Å²) in [6, 6.07) is 38.4. The number of aryl methyl sites for hydroxylation is 6. The normalized spacial score (nSPS) is 12.5. The lowest BCUT2D eigenvalue weighted by atomic mass is 9.83. The molecule has 3 heterocycles. The van der Waals surface area contributed by atoms with Crippen molar-refractivity contribution in [1.29, 1.82) is 5.41 Å². The molecule has 0 saturated carbocycles. The van der Waals surface area contributed by atoms with E-state index >= 15 is 0 Å². The van der Waals surface area contributed by atoms with Crippen molar-refractivity contribution >= 4 is 49.4 Å². The van der Waals surface area contributed by atoms with Gasteiger partial charge in [0.05, 0.1) is 22.1 Å². The van der Waals surface area contributed by atoms with Crippen LogP contribution < -0.4 is 0 Å². The minimum atomic E-state index is 0.372. The van der Waals surface area contributed by atoms with Gasteiger partial charge in [-0.15, -0.1) is 0 Å². The molecule has 0 unspecified atom stereocenters. The van der Waals surface area contributed by atoms with Crippen LogP contribution in [0.15, 0.2) is 122 Å². The lowest BCUT2D eigenvalue weighted by Gasteiger charge is -2.22. The van der Waals surface area contributed by atoms with Crippen molar-refractivity contribution < 1.29 is 0 Å². The van der Waals surface area contributed by atoms with Gasteiger partial charge in [0.1, 0.15) is 11.7 Å². The van der Waals surface area contributed by atoms with Crippen molar-refractivity contribution in [1.82, 2.24) is 14.1 Å². The largest absolute Gasteiger partial charge is 0.294 e. The maximum atomic E-state index is 9.08. The summed E-state index contributed by atoms with van der Waals surface area (Å²) in [5, 5.41) is 13.9. The summed E-state index contributed by atoms with van der Waals surface area (Å²) in [7, 11) is 0. The lowest BCUT2D eigenvalue weighted by Crippen LogP contribution is -2.09. The fourth-order valence-electron chi connectivity index (χ4n) is 9.35. The number of fused-ring (bicyclic) bond motifs is 10.